The smallest absolute Gasteiger partial charge is 0.0697 e. The maximum Gasteiger partial charge on any atom is 0.0697 e. The highest BCUT2D eigenvalue weighted by Crippen LogP contribution is 2.43. The van der Waals surface area contributed by atoms with Crippen LogP contribution >= 0.6 is 0 Å². The van der Waals surface area contributed by atoms with Gasteiger partial charge in [-0.05, 0) is 57.9 Å². The van der Waals surface area contributed by atoms with Crippen molar-refractivity contribution >= 4 is 0 Å². The van der Waals surface area contributed by atoms with Crippen LogP contribution in [-0.2, 0) is 4.74 Å². The molecule has 1 aliphatic carbocycles. The van der Waals surface area contributed by atoms with Gasteiger partial charge in [0.15, 0.2) is 0 Å². The maximum absolute atomic E-state index is 6.07. The Hall–Kier alpha value is -0.120. The Kier molecular flexibility index (Phi) is 2.90. The third-order valence-corrected chi connectivity index (χ3v) is 5.80. The van der Waals surface area contributed by atoms with Crippen LogP contribution in [0.25, 0.3) is 0 Å². The molecule has 4 aliphatic rings. The fourth-order valence-corrected chi connectivity index (χ4v) is 4.53. The highest BCUT2D eigenvalue weighted by atomic mass is 16.5. The summed E-state index contributed by atoms with van der Waals surface area (Å²) in [6.07, 6.45) is 10.8. The summed E-state index contributed by atoms with van der Waals surface area (Å²) in [6.45, 7) is 3.61. The normalized spacial score (nSPS) is 43.7. The van der Waals surface area contributed by atoms with Crippen molar-refractivity contribution < 1.29 is 4.74 Å². The number of fused-ring (bicyclic) bond motifs is 2. The zero-order valence-corrected chi connectivity index (χ0v) is 11.4. The lowest BCUT2D eigenvalue weighted by Crippen LogP contribution is -2.53. The molecule has 3 heteroatoms. The molecule has 0 amide bonds. The zero-order chi connectivity index (χ0) is 12.0. The molecule has 3 nitrogen and oxygen atoms in total. The van der Waals surface area contributed by atoms with Crippen LogP contribution < -0.4 is 5.32 Å². The molecule has 0 aromatic rings. The van der Waals surface area contributed by atoms with E-state index in [1.165, 1.54) is 64.5 Å². The van der Waals surface area contributed by atoms with Gasteiger partial charge in [-0.1, -0.05) is 0 Å². The van der Waals surface area contributed by atoms with Crippen LogP contribution in [0, 0.1) is 0 Å². The van der Waals surface area contributed by atoms with Crippen molar-refractivity contribution in [2.45, 2.75) is 75.1 Å². The van der Waals surface area contributed by atoms with Crippen molar-refractivity contribution in [3.05, 3.63) is 0 Å². The summed E-state index contributed by atoms with van der Waals surface area (Å²) >= 11 is 0. The number of hydrogen-bond acceptors (Lipinski definition) is 3. The molecule has 102 valence electrons. The molecule has 4 rings (SSSR count). The predicted octanol–water partition coefficient (Wildman–Crippen LogP) is 1.91. The van der Waals surface area contributed by atoms with E-state index < -0.39 is 0 Å². The standard InChI is InChI=1S/C15H26N2O/c1-6-15(7-1)10-14(5-9-18-15)17-8-4-12-2-3-13(11-17)16-12/h12-14,16H,1-11H2. The van der Waals surface area contributed by atoms with Crippen molar-refractivity contribution in [1.82, 2.24) is 10.2 Å². The highest BCUT2D eigenvalue weighted by Gasteiger charge is 2.44. The van der Waals surface area contributed by atoms with Gasteiger partial charge in [0, 0.05) is 31.3 Å². The van der Waals surface area contributed by atoms with Gasteiger partial charge in [-0.15, -0.1) is 0 Å². The third kappa shape index (κ3) is 2.00. The van der Waals surface area contributed by atoms with E-state index >= 15 is 0 Å². The average molecular weight is 250 g/mol. The Bertz CT molecular complexity index is 316. The van der Waals surface area contributed by atoms with Crippen molar-refractivity contribution in [3.63, 3.8) is 0 Å². The topological polar surface area (TPSA) is 24.5 Å². The summed E-state index contributed by atoms with van der Waals surface area (Å²) in [5.74, 6) is 0. The van der Waals surface area contributed by atoms with Gasteiger partial charge in [0.05, 0.1) is 5.60 Å². The van der Waals surface area contributed by atoms with Gasteiger partial charge in [-0.2, -0.15) is 0 Å². The molecular formula is C15H26N2O. The monoisotopic (exact) mass is 250 g/mol. The summed E-state index contributed by atoms with van der Waals surface area (Å²) in [5.41, 5.74) is 0.307. The van der Waals surface area contributed by atoms with Gasteiger partial charge in [-0.3, -0.25) is 4.90 Å². The molecule has 4 fully saturated rings. The van der Waals surface area contributed by atoms with Crippen LogP contribution in [0.1, 0.15) is 51.4 Å². The second-order valence-corrected chi connectivity index (χ2v) is 6.95. The van der Waals surface area contributed by atoms with E-state index in [1.807, 2.05) is 0 Å². The maximum atomic E-state index is 6.07. The molecule has 2 bridgehead atoms. The van der Waals surface area contributed by atoms with E-state index in [0.717, 1.165) is 24.7 Å². The minimum absolute atomic E-state index is 0.307. The zero-order valence-electron chi connectivity index (χ0n) is 11.4. The third-order valence-electron chi connectivity index (χ3n) is 5.80. The molecule has 3 heterocycles. The molecule has 3 saturated heterocycles. The molecule has 3 atom stereocenters. The molecule has 3 aliphatic heterocycles. The molecule has 3 unspecified atom stereocenters. The predicted molar refractivity (Wildman–Crippen MR) is 71.7 cm³/mol. The Balaban J connectivity index is 1.42. The first-order chi connectivity index (χ1) is 8.83. The van der Waals surface area contributed by atoms with Crippen LogP contribution in [0.5, 0.6) is 0 Å². The van der Waals surface area contributed by atoms with Crippen LogP contribution in [0.15, 0.2) is 0 Å². The van der Waals surface area contributed by atoms with Crippen LogP contribution in [0.4, 0.5) is 0 Å². The SMILES string of the molecule is C1CC2(C1)CC(N1CCC3CCC(C1)N3)CCO2. The lowest BCUT2D eigenvalue weighted by Gasteiger charge is -2.49. The first kappa shape index (κ1) is 11.7. The summed E-state index contributed by atoms with van der Waals surface area (Å²) < 4.78 is 6.07. The molecular weight excluding hydrogens is 224 g/mol. The molecule has 1 N–H and O–H groups in total. The Morgan fingerprint density at radius 1 is 1.06 bits per heavy atom. The van der Waals surface area contributed by atoms with Crippen molar-refractivity contribution in [2.24, 2.45) is 0 Å². The second kappa shape index (κ2) is 4.46. The number of likely N-dealkylation sites (tertiary alicyclic amines) is 1. The van der Waals surface area contributed by atoms with E-state index in [2.05, 4.69) is 10.2 Å². The molecule has 0 radical (unpaired) electrons. The largest absolute Gasteiger partial charge is 0.375 e. The van der Waals surface area contributed by atoms with Crippen LogP contribution in [-0.4, -0.2) is 48.3 Å². The summed E-state index contributed by atoms with van der Waals surface area (Å²) in [5, 5.41) is 3.80. The Morgan fingerprint density at radius 3 is 2.78 bits per heavy atom. The highest BCUT2D eigenvalue weighted by molar-refractivity contribution is 4.99. The number of nitrogens with one attached hydrogen (secondary N) is 1. The van der Waals surface area contributed by atoms with Gasteiger partial charge < -0.3 is 10.1 Å². The Labute approximate surface area is 110 Å². The second-order valence-electron chi connectivity index (χ2n) is 6.95. The van der Waals surface area contributed by atoms with E-state index in [0.29, 0.717) is 5.60 Å². The van der Waals surface area contributed by atoms with Gasteiger partial charge in [0.1, 0.15) is 0 Å². The molecule has 1 spiro atoms. The fraction of sp³-hybridized carbons (Fsp3) is 1.00. The van der Waals surface area contributed by atoms with Crippen LogP contribution in [0.2, 0.25) is 0 Å². The first-order valence-corrected chi connectivity index (χ1v) is 7.97. The molecule has 18 heavy (non-hydrogen) atoms. The average Bonchev–Trinajstić information content (AvgIpc) is 2.67. The number of ether oxygens (including phenoxy) is 1. The molecule has 1 saturated carbocycles. The van der Waals surface area contributed by atoms with Gasteiger partial charge in [0.25, 0.3) is 0 Å². The minimum Gasteiger partial charge on any atom is -0.375 e. The number of nitrogens with zero attached hydrogens (tertiary/aromatic N) is 1. The van der Waals surface area contributed by atoms with Crippen molar-refractivity contribution in [3.8, 4) is 0 Å². The number of rotatable bonds is 1. The van der Waals surface area contributed by atoms with E-state index in [-0.39, 0.29) is 0 Å². The molecule has 0 aromatic heterocycles. The van der Waals surface area contributed by atoms with Crippen LogP contribution in [0.3, 0.4) is 0 Å². The van der Waals surface area contributed by atoms with E-state index in [4.69, 9.17) is 4.74 Å². The quantitative estimate of drug-likeness (QED) is 0.769. The van der Waals surface area contributed by atoms with Gasteiger partial charge in [-0.25, -0.2) is 0 Å². The summed E-state index contributed by atoms with van der Waals surface area (Å²) in [6, 6.07) is 2.40. The van der Waals surface area contributed by atoms with E-state index in [1.54, 1.807) is 0 Å². The summed E-state index contributed by atoms with van der Waals surface area (Å²) in [4.78, 5) is 2.79. The first-order valence-electron chi connectivity index (χ1n) is 7.97. The van der Waals surface area contributed by atoms with Gasteiger partial charge >= 0.3 is 0 Å². The summed E-state index contributed by atoms with van der Waals surface area (Å²) in [7, 11) is 0. The van der Waals surface area contributed by atoms with Crippen molar-refractivity contribution in [1.29, 1.82) is 0 Å². The Morgan fingerprint density at radius 2 is 1.94 bits per heavy atom. The van der Waals surface area contributed by atoms with E-state index in [9.17, 15) is 0 Å². The van der Waals surface area contributed by atoms with Crippen molar-refractivity contribution in [2.75, 3.05) is 19.7 Å². The fourth-order valence-electron chi connectivity index (χ4n) is 4.53. The lowest BCUT2D eigenvalue weighted by atomic mass is 9.73. The number of hydrogen-bond donors (Lipinski definition) is 1. The minimum atomic E-state index is 0.307. The lowest BCUT2D eigenvalue weighted by molar-refractivity contribution is -0.148. The molecule has 0 aromatic carbocycles. The van der Waals surface area contributed by atoms with Gasteiger partial charge in [0.2, 0.25) is 0 Å².